The number of anilines is 1. The lowest BCUT2D eigenvalue weighted by Crippen LogP contribution is -2.25. The zero-order valence-corrected chi connectivity index (χ0v) is 11.7. The van der Waals surface area contributed by atoms with Crippen molar-refractivity contribution in [2.24, 2.45) is 0 Å². The van der Waals surface area contributed by atoms with Crippen LogP contribution in [0.25, 0.3) is 0 Å². The second-order valence-corrected chi connectivity index (χ2v) is 6.17. The molecule has 5 heteroatoms. The number of aromatic carboxylic acids is 1. The number of rotatable bonds is 3. The highest BCUT2D eigenvalue weighted by atomic mass is 79.9. The number of carbonyl (C=O) groups is 1. The number of benzene rings is 1. The highest BCUT2D eigenvalue weighted by Crippen LogP contribution is 2.26. The van der Waals surface area contributed by atoms with Crippen LogP contribution in [0.1, 0.15) is 23.2 Å². The van der Waals surface area contributed by atoms with Gasteiger partial charge in [0.25, 0.3) is 0 Å². The lowest BCUT2D eigenvalue weighted by molar-refractivity contribution is 0.0698. The van der Waals surface area contributed by atoms with Gasteiger partial charge in [0.15, 0.2) is 0 Å². The maximum absolute atomic E-state index is 11.1. The fraction of sp³-hybridized carbons (Fsp3) is 0.417. The van der Waals surface area contributed by atoms with E-state index in [9.17, 15) is 4.79 Å². The van der Waals surface area contributed by atoms with E-state index in [4.69, 9.17) is 5.11 Å². The highest BCUT2D eigenvalue weighted by Gasteiger charge is 2.17. The molecule has 2 N–H and O–H groups in total. The fourth-order valence-electron chi connectivity index (χ4n) is 1.88. The molecular formula is C12H14BrNO2S. The Hall–Kier alpha value is -0.680. The smallest absolute Gasteiger partial charge is 0.337 e. The van der Waals surface area contributed by atoms with Gasteiger partial charge in [-0.2, -0.15) is 11.8 Å². The summed E-state index contributed by atoms with van der Waals surface area (Å²) in [7, 11) is 0. The van der Waals surface area contributed by atoms with E-state index in [1.165, 1.54) is 0 Å². The van der Waals surface area contributed by atoms with Gasteiger partial charge in [-0.05, 0) is 42.5 Å². The zero-order chi connectivity index (χ0) is 12.3. The van der Waals surface area contributed by atoms with Crippen molar-refractivity contribution in [2.45, 2.75) is 18.9 Å². The minimum absolute atomic E-state index is 0.339. The van der Waals surface area contributed by atoms with Gasteiger partial charge >= 0.3 is 5.97 Å². The van der Waals surface area contributed by atoms with Crippen LogP contribution in [0.15, 0.2) is 22.7 Å². The Morgan fingerprint density at radius 2 is 2.12 bits per heavy atom. The molecule has 1 fully saturated rings. The molecule has 0 amide bonds. The summed E-state index contributed by atoms with van der Waals surface area (Å²) in [5.74, 6) is 1.41. The fourth-order valence-corrected chi connectivity index (χ4v) is 3.35. The Morgan fingerprint density at radius 3 is 2.76 bits per heavy atom. The molecule has 92 valence electrons. The van der Waals surface area contributed by atoms with Gasteiger partial charge < -0.3 is 10.4 Å². The molecule has 3 nitrogen and oxygen atoms in total. The lowest BCUT2D eigenvalue weighted by atomic mass is 10.1. The van der Waals surface area contributed by atoms with Gasteiger partial charge in [0.05, 0.1) is 11.3 Å². The van der Waals surface area contributed by atoms with E-state index in [0.29, 0.717) is 17.3 Å². The van der Waals surface area contributed by atoms with Crippen LogP contribution in [-0.2, 0) is 0 Å². The molecular weight excluding hydrogens is 302 g/mol. The number of hydrogen-bond acceptors (Lipinski definition) is 3. The van der Waals surface area contributed by atoms with E-state index in [1.807, 2.05) is 17.8 Å². The number of thioether (sulfide) groups is 1. The summed E-state index contributed by atoms with van der Waals surface area (Å²) in [6, 6.07) is 5.62. The Labute approximate surface area is 113 Å². The molecule has 1 saturated heterocycles. The summed E-state index contributed by atoms with van der Waals surface area (Å²) in [5, 5.41) is 12.5. The van der Waals surface area contributed by atoms with Gasteiger partial charge in [0.2, 0.25) is 0 Å². The van der Waals surface area contributed by atoms with E-state index in [0.717, 1.165) is 28.8 Å². The third-order valence-corrected chi connectivity index (χ3v) is 4.33. The predicted molar refractivity (Wildman–Crippen MR) is 75.1 cm³/mol. The van der Waals surface area contributed by atoms with Crippen LogP contribution in [-0.4, -0.2) is 28.6 Å². The van der Waals surface area contributed by atoms with Crippen LogP contribution in [0, 0.1) is 0 Å². The summed E-state index contributed by atoms with van der Waals surface area (Å²) in [6.45, 7) is 0. The molecule has 0 aromatic heterocycles. The van der Waals surface area contributed by atoms with Gasteiger partial charge in [0.1, 0.15) is 0 Å². The molecule has 0 atom stereocenters. The highest BCUT2D eigenvalue weighted by molar-refractivity contribution is 9.10. The lowest BCUT2D eigenvalue weighted by Gasteiger charge is -2.24. The first-order chi connectivity index (χ1) is 8.16. The van der Waals surface area contributed by atoms with Crippen molar-refractivity contribution >= 4 is 39.3 Å². The van der Waals surface area contributed by atoms with Crippen molar-refractivity contribution in [3.8, 4) is 0 Å². The molecule has 1 aromatic carbocycles. The third-order valence-electron chi connectivity index (χ3n) is 2.79. The van der Waals surface area contributed by atoms with Crippen LogP contribution in [0.5, 0.6) is 0 Å². The minimum Gasteiger partial charge on any atom is -0.478 e. The van der Waals surface area contributed by atoms with E-state index in [-0.39, 0.29) is 0 Å². The van der Waals surface area contributed by atoms with E-state index in [2.05, 4.69) is 21.2 Å². The van der Waals surface area contributed by atoms with E-state index >= 15 is 0 Å². The Bertz CT molecular complexity index is 419. The molecule has 0 bridgehead atoms. The Balaban J connectivity index is 2.17. The molecule has 0 radical (unpaired) electrons. The van der Waals surface area contributed by atoms with Gasteiger partial charge in [-0.15, -0.1) is 0 Å². The van der Waals surface area contributed by atoms with Crippen LogP contribution < -0.4 is 5.32 Å². The number of carboxylic acid groups (broad SMARTS) is 1. The van der Waals surface area contributed by atoms with Crippen molar-refractivity contribution in [1.29, 1.82) is 0 Å². The molecule has 1 heterocycles. The molecule has 2 rings (SSSR count). The van der Waals surface area contributed by atoms with Crippen LogP contribution in [0.3, 0.4) is 0 Å². The van der Waals surface area contributed by atoms with E-state index < -0.39 is 5.97 Å². The summed E-state index contributed by atoms with van der Waals surface area (Å²) in [6.07, 6.45) is 2.19. The summed E-state index contributed by atoms with van der Waals surface area (Å²) in [5.41, 5.74) is 1.05. The first-order valence-corrected chi connectivity index (χ1v) is 7.48. The molecule has 0 unspecified atom stereocenters. The van der Waals surface area contributed by atoms with Crippen molar-refractivity contribution in [3.63, 3.8) is 0 Å². The molecule has 0 saturated carbocycles. The molecule has 1 aliphatic heterocycles. The number of carboxylic acids is 1. The molecule has 17 heavy (non-hydrogen) atoms. The van der Waals surface area contributed by atoms with Gasteiger partial charge in [-0.3, -0.25) is 0 Å². The predicted octanol–water partition coefficient (Wildman–Crippen LogP) is 3.45. The van der Waals surface area contributed by atoms with Gasteiger partial charge in [0, 0.05) is 10.5 Å². The minimum atomic E-state index is -0.884. The maximum Gasteiger partial charge on any atom is 0.337 e. The monoisotopic (exact) mass is 315 g/mol. The summed E-state index contributed by atoms with van der Waals surface area (Å²) in [4.78, 5) is 11.1. The van der Waals surface area contributed by atoms with Crippen molar-refractivity contribution < 1.29 is 9.90 Å². The molecule has 1 aromatic rings. The average Bonchev–Trinajstić information content (AvgIpc) is 2.30. The standard InChI is InChI=1S/C12H14BrNO2S/c13-8-1-2-10(12(15)16)11(7-8)14-9-3-5-17-6-4-9/h1-2,7,9,14H,3-6H2,(H,15,16). The normalized spacial score (nSPS) is 16.8. The quantitative estimate of drug-likeness (QED) is 0.897. The summed E-state index contributed by atoms with van der Waals surface area (Å²) >= 11 is 5.33. The molecule has 0 aliphatic carbocycles. The molecule has 0 spiro atoms. The van der Waals surface area contributed by atoms with Crippen LogP contribution >= 0.6 is 27.7 Å². The SMILES string of the molecule is O=C(O)c1ccc(Br)cc1NC1CCSCC1. The Kier molecular flexibility index (Phi) is 4.34. The first kappa shape index (κ1) is 12.8. The van der Waals surface area contributed by atoms with E-state index in [1.54, 1.807) is 12.1 Å². The van der Waals surface area contributed by atoms with Crippen LogP contribution in [0.4, 0.5) is 5.69 Å². The number of hydrogen-bond donors (Lipinski definition) is 2. The number of nitrogens with one attached hydrogen (secondary N) is 1. The van der Waals surface area contributed by atoms with Crippen molar-refractivity contribution in [3.05, 3.63) is 28.2 Å². The maximum atomic E-state index is 11.1. The van der Waals surface area contributed by atoms with Crippen molar-refractivity contribution in [2.75, 3.05) is 16.8 Å². The summed E-state index contributed by atoms with van der Waals surface area (Å²) < 4.78 is 0.898. The second kappa shape index (κ2) is 5.78. The van der Waals surface area contributed by atoms with Gasteiger partial charge in [-0.1, -0.05) is 15.9 Å². The topological polar surface area (TPSA) is 49.3 Å². The van der Waals surface area contributed by atoms with Crippen molar-refractivity contribution in [1.82, 2.24) is 0 Å². The second-order valence-electron chi connectivity index (χ2n) is 4.03. The van der Waals surface area contributed by atoms with Gasteiger partial charge in [-0.25, -0.2) is 4.79 Å². The largest absolute Gasteiger partial charge is 0.478 e. The third kappa shape index (κ3) is 3.39. The van der Waals surface area contributed by atoms with Crippen LogP contribution in [0.2, 0.25) is 0 Å². The average molecular weight is 316 g/mol. The molecule has 1 aliphatic rings. The number of halogens is 1. The Morgan fingerprint density at radius 1 is 1.41 bits per heavy atom. The first-order valence-electron chi connectivity index (χ1n) is 5.54. The zero-order valence-electron chi connectivity index (χ0n) is 9.28.